The lowest BCUT2D eigenvalue weighted by atomic mass is 10.1. The molecule has 1 aliphatic rings. The Morgan fingerprint density at radius 3 is 2.46 bits per heavy atom. The summed E-state index contributed by atoms with van der Waals surface area (Å²) in [6.45, 7) is 5.22. The van der Waals surface area contributed by atoms with Crippen molar-refractivity contribution in [1.82, 2.24) is 19.6 Å². The number of anilines is 1. The summed E-state index contributed by atoms with van der Waals surface area (Å²) in [5, 5.41) is 7.10. The molecule has 1 aliphatic heterocycles. The number of alkyl halides is 3. The van der Waals surface area contributed by atoms with Gasteiger partial charge >= 0.3 is 12.3 Å². The second-order valence-corrected chi connectivity index (χ2v) is 8.56. The molecule has 2 heterocycles. The van der Waals surface area contributed by atoms with Crippen LogP contribution in [0.25, 0.3) is 0 Å². The van der Waals surface area contributed by atoms with E-state index >= 15 is 0 Å². The molecule has 1 N–H and O–H groups in total. The minimum absolute atomic E-state index is 0.171. The van der Waals surface area contributed by atoms with E-state index < -0.39 is 30.8 Å². The van der Waals surface area contributed by atoms with E-state index in [0.29, 0.717) is 43.1 Å². The maximum atomic E-state index is 13.0. The topological polar surface area (TPSA) is 106 Å². The fraction of sp³-hybridized carbons (Fsp3) is 0.500. The quantitative estimate of drug-likeness (QED) is 0.567. The predicted octanol–water partition coefficient (Wildman–Crippen LogP) is 3.38. The minimum atomic E-state index is -4.43. The number of aryl methyl sites for hydroxylation is 1. The van der Waals surface area contributed by atoms with Crippen LogP contribution in [-0.2, 0) is 20.9 Å². The molecule has 13 heteroatoms. The molecule has 37 heavy (non-hydrogen) atoms. The molecule has 1 saturated heterocycles. The van der Waals surface area contributed by atoms with Crippen LogP contribution in [0, 0.1) is 6.92 Å². The number of amides is 3. The van der Waals surface area contributed by atoms with Gasteiger partial charge in [-0.1, -0.05) is 12.1 Å². The summed E-state index contributed by atoms with van der Waals surface area (Å²) in [6, 6.07) is 5.46. The summed E-state index contributed by atoms with van der Waals surface area (Å²) < 4.78 is 48.0. The standard InChI is InChI=1S/C24H30F3N5O5/c1-4-37-23(35)31-10-8-30(9-11-31)22(34)17(3)32-13-20(16(2)29-32)28-21(33)19-7-5-6-18(12-19)14-36-15-24(25,26)27/h5-7,12-13,17H,4,8-11,14-15H2,1-3H3,(H,28,33). The first-order valence-corrected chi connectivity index (χ1v) is 11.8. The molecule has 2 aromatic rings. The minimum Gasteiger partial charge on any atom is -0.450 e. The molecular formula is C24H30F3N5O5. The van der Waals surface area contributed by atoms with Crippen molar-refractivity contribution in [2.24, 2.45) is 0 Å². The lowest BCUT2D eigenvalue weighted by Gasteiger charge is -2.35. The summed E-state index contributed by atoms with van der Waals surface area (Å²) in [5.74, 6) is -0.648. The van der Waals surface area contributed by atoms with Gasteiger partial charge in [0.05, 0.1) is 24.6 Å². The summed E-state index contributed by atoms with van der Waals surface area (Å²) in [5.41, 5.74) is 1.55. The number of halogens is 3. The second kappa shape index (κ2) is 12.1. The van der Waals surface area contributed by atoms with E-state index in [1.807, 2.05) is 0 Å². The van der Waals surface area contributed by atoms with Crippen LogP contribution in [0.2, 0.25) is 0 Å². The number of hydrogen-bond acceptors (Lipinski definition) is 6. The molecule has 1 aromatic heterocycles. The highest BCUT2D eigenvalue weighted by Crippen LogP contribution is 2.20. The SMILES string of the molecule is CCOC(=O)N1CCN(C(=O)C(C)n2cc(NC(=O)c3cccc(COCC(F)(F)F)c3)c(C)n2)CC1. The highest BCUT2D eigenvalue weighted by atomic mass is 19.4. The van der Waals surface area contributed by atoms with Gasteiger partial charge < -0.3 is 24.6 Å². The Hall–Kier alpha value is -3.61. The molecular weight excluding hydrogens is 495 g/mol. The molecule has 1 unspecified atom stereocenters. The van der Waals surface area contributed by atoms with Gasteiger partial charge in [0.15, 0.2) is 0 Å². The van der Waals surface area contributed by atoms with Crippen molar-refractivity contribution in [1.29, 1.82) is 0 Å². The molecule has 10 nitrogen and oxygen atoms in total. The summed E-state index contributed by atoms with van der Waals surface area (Å²) in [7, 11) is 0. The van der Waals surface area contributed by atoms with Crippen molar-refractivity contribution in [2.75, 3.05) is 44.7 Å². The number of ether oxygens (including phenoxy) is 2. The molecule has 202 valence electrons. The van der Waals surface area contributed by atoms with E-state index in [0.717, 1.165) is 0 Å². The third-order valence-electron chi connectivity index (χ3n) is 5.76. The Bertz CT molecular complexity index is 1110. The van der Waals surface area contributed by atoms with E-state index in [1.165, 1.54) is 16.8 Å². The van der Waals surface area contributed by atoms with Crippen LogP contribution in [0.4, 0.5) is 23.7 Å². The molecule has 0 bridgehead atoms. The highest BCUT2D eigenvalue weighted by Gasteiger charge is 2.29. The fourth-order valence-electron chi connectivity index (χ4n) is 3.79. The Morgan fingerprint density at radius 1 is 1.14 bits per heavy atom. The first kappa shape index (κ1) is 28.0. The van der Waals surface area contributed by atoms with Gasteiger partial charge in [-0.3, -0.25) is 14.3 Å². The zero-order valence-corrected chi connectivity index (χ0v) is 20.9. The zero-order valence-electron chi connectivity index (χ0n) is 20.9. The number of hydrogen-bond donors (Lipinski definition) is 1. The van der Waals surface area contributed by atoms with Crippen LogP contribution in [0.5, 0.6) is 0 Å². The molecule has 3 rings (SSSR count). The fourth-order valence-corrected chi connectivity index (χ4v) is 3.79. The maximum absolute atomic E-state index is 13.0. The van der Waals surface area contributed by atoms with Crippen LogP contribution in [0.15, 0.2) is 30.5 Å². The third kappa shape index (κ3) is 7.68. The maximum Gasteiger partial charge on any atom is 0.411 e. The van der Waals surface area contributed by atoms with Crippen molar-refractivity contribution in [3.05, 3.63) is 47.3 Å². The van der Waals surface area contributed by atoms with Crippen molar-refractivity contribution < 1.29 is 37.0 Å². The van der Waals surface area contributed by atoms with Gasteiger partial charge in [-0.15, -0.1) is 0 Å². The number of aromatic nitrogens is 2. The lowest BCUT2D eigenvalue weighted by Crippen LogP contribution is -2.52. The molecule has 0 spiro atoms. The number of nitrogens with one attached hydrogen (secondary N) is 1. The Kier molecular flexibility index (Phi) is 9.14. The predicted molar refractivity (Wildman–Crippen MR) is 127 cm³/mol. The lowest BCUT2D eigenvalue weighted by molar-refractivity contribution is -0.176. The molecule has 1 fully saturated rings. The molecule has 0 saturated carbocycles. The van der Waals surface area contributed by atoms with Gasteiger partial charge in [0.2, 0.25) is 5.91 Å². The first-order valence-electron chi connectivity index (χ1n) is 11.8. The van der Waals surface area contributed by atoms with Crippen LogP contribution < -0.4 is 5.32 Å². The number of rotatable bonds is 8. The molecule has 1 atom stereocenters. The molecule has 3 amide bonds. The summed E-state index contributed by atoms with van der Waals surface area (Å²) in [4.78, 5) is 40.8. The number of piperazine rings is 1. The average molecular weight is 526 g/mol. The second-order valence-electron chi connectivity index (χ2n) is 8.56. The van der Waals surface area contributed by atoms with Crippen LogP contribution in [0.3, 0.4) is 0 Å². The summed E-state index contributed by atoms with van der Waals surface area (Å²) >= 11 is 0. The number of nitrogens with zero attached hydrogens (tertiary/aromatic N) is 4. The van der Waals surface area contributed by atoms with Crippen molar-refractivity contribution >= 4 is 23.6 Å². The van der Waals surface area contributed by atoms with Gasteiger partial charge in [0.25, 0.3) is 5.91 Å². The zero-order chi connectivity index (χ0) is 27.2. The van der Waals surface area contributed by atoms with Crippen LogP contribution in [0.1, 0.15) is 41.5 Å². The van der Waals surface area contributed by atoms with Gasteiger partial charge in [-0.25, -0.2) is 4.79 Å². The number of carbonyl (C=O) groups is 3. The van der Waals surface area contributed by atoms with Gasteiger partial charge in [-0.05, 0) is 38.5 Å². The highest BCUT2D eigenvalue weighted by molar-refractivity contribution is 6.04. The van der Waals surface area contributed by atoms with E-state index in [1.54, 1.807) is 48.9 Å². The first-order chi connectivity index (χ1) is 17.5. The molecule has 1 aromatic carbocycles. The van der Waals surface area contributed by atoms with Crippen molar-refractivity contribution in [3.8, 4) is 0 Å². The Balaban J connectivity index is 1.59. The van der Waals surface area contributed by atoms with Crippen molar-refractivity contribution in [2.45, 2.75) is 39.6 Å². The number of carbonyl (C=O) groups excluding carboxylic acids is 3. The summed E-state index contributed by atoms with van der Waals surface area (Å²) in [6.07, 6.45) is -3.27. The monoisotopic (exact) mass is 525 g/mol. The van der Waals surface area contributed by atoms with E-state index in [4.69, 9.17) is 4.74 Å². The third-order valence-corrected chi connectivity index (χ3v) is 5.76. The number of benzene rings is 1. The molecule has 0 aliphatic carbocycles. The van der Waals surface area contributed by atoms with E-state index in [-0.39, 0.29) is 24.7 Å². The van der Waals surface area contributed by atoms with E-state index in [9.17, 15) is 27.6 Å². The normalized spacial score (nSPS) is 14.9. The van der Waals surface area contributed by atoms with Gasteiger partial charge in [-0.2, -0.15) is 18.3 Å². The Morgan fingerprint density at radius 2 is 1.81 bits per heavy atom. The molecule has 0 radical (unpaired) electrons. The van der Waals surface area contributed by atoms with Crippen LogP contribution in [-0.4, -0.2) is 83.1 Å². The average Bonchev–Trinajstić information content (AvgIpc) is 3.22. The van der Waals surface area contributed by atoms with Crippen molar-refractivity contribution in [3.63, 3.8) is 0 Å². The largest absolute Gasteiger partial charge is 0.450 e. The van der Waals surface area contributed by atoms with E-state index in [2.05, 4.69) is 15.2 Å². The Labute approximate surface area is 212 Å². The van der Waals surface area contributed by atoms with Gasteiger partial charge in [0.1, 0.15) is 12.6 Å². The smallest absolute Gasteiger partial charge is 0.411 e. The van der Waals surface area contributed by atoms with Gasteiger partial charge in [0, 0.05) is 37.9 Å². The van der Waals surface area contributed by atoms with Crippen LogP contribution >= 0.6 is 0 Å².